The summed E-state index contributed by atoms with van der Waals surface area (Å²) >= 11 is 0. The Morgan fingerprint density at radius 2 is 2.00 bits per heavy atom. The van der Waals surface area contributed by atoms with E-state index in [0.29, 0.717) is 5.56 Å². The first-order chi connectivity index (χ1) is 6.50. The number of allylic oxidation sites excluding steroid dienone is 1. The van der Waals surface area contributed by atoms with Gasteiger partial charge in [-0.15, -0.1) is 0 Å². The van der Waals surface area contributed by atoms with Crippen molar-refractivity contribution >= 4 is 17.6 Å². The fraction of sp³-hybridized carbons (Fsp3) is 0.273. The van der Waals surface area contributed by atoms with Gasteiger partial charge in [-0.05, 0) is 39.0 Å². The van der Waals surface area contributed by atoms with Gasteiger partial charge in [-0.1, -0.05) is 0 Å². The smallest absolute Gasteiger partial charge is 0.161 e. The van der Waals surface area contributed by atoms with Crippen molar-refractivity contribution in [1.29, 1.82) is 0 Å². The number of ketones is 2. The lowest BCUT2D eigenvalue weighted by atomic mass is 10.2. The second-order valence-corrected chi connectivity index (χ2v) is 3.26. The third-order valence-electron chi connectivity index (χ3n) is 1.91. The number of carbonyl (C=O) groups excluding carboxylic acids is 2. The SMILES string of the molecule is CC(=O)/C=C/c1cc(C(C)=O)c(C)[nH]1. The van der Waals surface area contributed by atoms with Crippen molar-refractivity contribution < 1.29 is 9.59 Å². The van der Waals surface area contributed by atoms with E-state index in [1.165, 1.54) is 19.9 Å². The number of H-pyrrole nitrogens is 1. The summed E-state index contributed by atoms with van der Waals surface area (Å²) in [4.78, 5) is 24.8. The molecule has 0 bridgehead atoms. The molecule has 0 spiro atoms. The molecule has 0 fully saturated rings. The maximum atomic E-state index is 11.1. The number of hydrogen-bond acceptors (Lipinski definition) is 2. The average Bonchev–Trinajstić information content (AvgIpc) is 2.43. The molecule has 14 heavy (non-hydrogen) atoms. The molecule has 3 heteroatoms. The van der Waals surface area contributed by atoms with Crippen molar-refractivity contribution in [3.8, 4) is 0 Å². The van der Waals surface area contributed by atoms with E-state index in [1.807, 2.05) is 6.92 Å². The molecule has 1 aromatic heterocycles. The number of nitrogens with one attached hydrogen (secondary N) is 1. The van der Waals surface area contributed by atoms with Gasteiger partial charge in [0.15, 0.2) is 11.6 Å². The number of aromatic nitrogens is 1. The van der Waals surface area contributed by atoms with E-state index in [4.69, 9.17) is 0 Å². The minimum atomic E-state index is -0.0124. The number of Topliss-reactive ketones (excluding diaryl/α,β-unsaturated/α-hetero) is 1. The molecule has 0 aromatic carbocycles. The lowest BCUT2D eigenvalue weighted by Crippen LogP contribution is -1.90. The lowest BCUT2D eigenvalue weighted by Gasteiger charge is -1.88. The van der Waals surface area contributed by atoms with Crippen LogP contribution in [-0.4, -0.2) is 16.6 Å². The molecule has 1 heterocycles. The molecule has 1 rings (SSSR count). The van der Waals surface area contributed by atoms with Crippen LogP contribution >= 0.6 is 0 Å². The van der Waals surface area contributed by atoms with Crippen LogP contribution in [0.15, 0.2) is 12.1 Å². The molecule has 0 aliphatic carbocycles. The summed E-state index contributed by atoms with van der Waals surface area (Å²) in [6.07, 6.45) is 3.14. The van der Waals surface area contributed by atoms with Gasteiger partial charge in [0.25, 0.3) is 0 Å². The topological polar surface area (TPSA) is 49.9 Å². The van der Waals surface area contributed by atoms with E-state index >= 15 is 0 Å². The van der Waals surface area contributed by atoms with Crippen LogP contribution in [0.2, 0.25) is 0 Å². The summed E-state index contributed by atoms with van der Waals surface area (Å²) < 4.78 is 0. The van der Waals surface area contributed by atoms with Crippen LogP contribution in [0.5, 0.6) is 0 Å². The van der Waals surface area contributed by atoms with Gasteiger partial charge >= 0.3 is 0 Å². The summed E-state index contributed by atoms with van der Waals surface area (Å²) in [6, 6.07) is 1.75. The van der Waals surface area contributed by atoms with Gasteiger partial charge in [0.2, 0.25) is 0 Å². The normalized spacial score (nSPS) is 10.8. The Kier molecular flexibility index (Phi) is 3.02. The van der Waals surface area contributed by atoms with Gasteiger partial charge in [-0.3, -0.25) is 9.59 Å². The second-order valence-electron chi connectivity index (χ2n) is 3.26. The van der Waals surface area contributed by atoms with Crippen LogP contribution in [0.1, 0.15) is 35.6 Å². The Hall–Kier alpha value is -1.64. The molecular formula is C11H13NO2. The summed E-state index contributed by atoms with van der Waals surface area (Å²) in [5, 5.41) is 0. The highest BCUT2D eigenvalue weighted by Gasteiger charge is 2.06. The molecule has 1 aromatic rings. The zero-order valence-electron chi connectivity index (χ0n) is 8.55. The predicted octanol–water partition coefficient (Wildman–Crippen LogP) is 2.13. The molecular weight excluding hydrogens is 178 g/mol. The Labute approximate surface area is 82.8 Å². The highest BCUT2D eigenvalue weighted by Crippen LogP contribution is 2.11. The third-order valence-corrected chi connectivity index (χ3v) is 1.91. The minimum absolute atomic E-state index is 0.0124. The van der Waals surface area contributed by atoms with E-state index in [-0.39, 0.29) is 11.6 Å². The predicted molar refractivity (Wildman–Crippen MR) is 55.2 cm³/mol. The molecule has 0 aliphatic rings. The maximum Gasteiger partial charge on any atom is 0.161 e. The number of aryl methyl sites for hydroxylation is 1. The van der Waals surface area contributed by atoms with Crippen LogP contribution in [0.25, 0.3) is 6.08 Å². The highest BCUT2D eigenvalue weighted by atomic mass is 16.1. The van der Waals surface area contributed by atoms with Crippen molar-refractivity contribution in [2.24, 2.45) is 0 Å². The van der Waals surface area contributed by atoms with Crippen molar-refractivity contribution in [2.75, 3.05) is 0 Å². The Morgan fingerprint density at radius 1 is 1.36 bits per heavy atom. The van der Waals surface area contributed by atoms with E-state index in [1.54, 1.807) is 12.1 Å². The van der Waals surface area contributed by atoms with Gasteiger partial charge in [-0.25, -0.2) is 0 Å². The third kappa shape index (κ3) is 2.42. The first-order valence-electron chi connectivity index (χ1n) is 4.40. The first kappa shape index (κ1) is 10.4. The fourth-order valence-corrected chi connectivity index (χ4v) is 1.25. The summed E-state index contributed by atoms with van der Waals surface area (Å²) in [5.74, 6) is 0.0165. The molecule has 0 saturated carbocycles. The molecule has 0 aliphatic heterocycles. The van der Waals surface area contributed by atoms with Gasteiger partial charge in [0.05, 0.1) is 0 Å². The van der Waals surface area contributed by atoms with Crippen molar-refractivity contribution in [1.82, 2.24) is 4.98 Å². The summed E-state index contributed by atoms with van der Waals surface area (Å²) in [6.45, 7) is 4.84. The molecule has 0 atom stereocenters. The monoisotopic (exact) mass is 191 g/mol. The van der Waals surface area contributed by atoms with Gasteiger partial charge in [0, 0.05) is 17.0 Å². The van der Waals surface area contributed by atoms with E-state index in [9.17, 15) is 9.59 Å². The van der Waals surface area contributed by atoms with Gasteiger partial charge in [-0.2, -0.15) is 0 Å². The van der Waals surface area contributed by atoms with E-state index in [0.717, 1.165) is 11.4 Å². The average molecular weight is 191 g/mol. The molecule has 0 saturated heterocycles. The Morgan fingerprint density at radius 3 is 2.43 bits per heavy atom. The number of rotatable bonds is 3. The molecule has 74 valence electrons. The second kappa shape index (κ2) is 4.05. The molecule has 3 nitrogen and oxygen atoms in total. The van der Waals surface area contributed by atoms with Crippen LogP contribution in [0.3, 0.4) is 0 Å². The fourth-order valence-electron chi connectivity index (χ4n) is 1.25. The quantitative estimate of drug-likeness (QED) is 0.587. The standard InChI is InChI=1S/C11H13NO2/c1-7(13)4-5-10-6-11(9(3)14)8(2)12-10/h4-6,12H,1-3H3/b5-4+. The van der Waals surface area contributed by atoms with E-state index in [2.05, 4.69) is 4.98 Å². The first-order valence-corrected chi connectivity index (χ1v) is 4.40. The van der Waals surface area contributed by atoms with Crippen molar-refractivity contribution in [3.05, 3.63) is 29.1 Å². The number of carbonyl (C=O) groups is 2. The minimum Gasteiger partial charge on any atom is -0.359 e. The van der Waals surface area contributed by atoms with Gasteiger partial charge in [0.1, 0.15) is 0 Å². The largest absolute Gasteiger partial charge is 0.359 e. The van der Waals surface area contributed by atoms with E-state index < -0.39 is 0 Å². The molecule has 0 amide bonds. The zero-order chi connectivity index (χ0) is 10.7. The summed E-state index contributed by atoms with van der Waals surface area (Å²) in [7, 11) is 0. The Bertz CT molecular complexity index is 399. The van der Waals surface area contributed by atoms with Crippen molar-refractivity contribution in [2.45, 2.75) is 20.8 Å². The highest BCUT2D eigenvalue weighted by molar-refractivity contribution is 5.96. The Balaban J connectivity index is 2.97. The molecule has 0 radical (unpaired) electrons. The van der Waals surface area contributed by atoms with Crippen LogP contribution in [0.4, 0.5) is 0 Å². The molecule has 1 N–H and O–H groups in total. The number of hydrogen-bond donors (Lipinski definition) is 1. The van der Waals surface area contributed by atoms with Crippen LogP contribution in [-0.2, 0) is 4.79 Å². The molecule has 0 unspecified atom stereocenters. The zero-order valence-corrected chi connectivity index (χ0v) is 8.55. The number of aromatic amines is 1. The lowest BCUT2D eigenvalue weighted by molar-refractivity contribution is -0.112. The van der Waals surface area contributed by atoms with Gasteiger partial charge < -0.3 is 4.98 Å². The summed E-state index contributed by atoms with van der Waals surface area (Å²) in [5.41, 5.74) is 2.29. The van der Waals surface area contributed by atoms with Crippen LogP contribution < -0.4 is 0 Å². The van der Waals surface area contributed by atoms with Crippen molar-refractivity contribution in [3.63, 3.8) is 0 Å². The van der Waals surface area contributed by atoms with Crippen LogP contribution in [0, 0.1) is 6.92 Å². The maximum absolute atomic E-state index is 11.1.